The summed E-state index contributed by atoms with van der Waals surface area (Å²) in [5.74, 6) is -0.637. The summed E-state index contributed by atoms with van der Waals surface area (Å²) >= 11 is 6.10. The van der Waals surface area contributed by atoms with E-state index in [1.54, 1.807) is 16.4 Å². The van der Waals surface area contributed by atoms with Gasteiger partial charge in [-0.25, -0.2) is 0 Å². The molecular formula is C32H32ClF3N8O5. The third-order valence-electron chi connectivity index (χ3n) is 8.45. The fourth-order valence-electron chi connectivity index (χ4n) is 5.97. The van der Waals surface area contributed by atoms with Crippen molar-refractivity contribution in [2.75, 3.05) is 49.6 Å². The molecule has 0 saturated carbocycles. The molecule has 0 radical (unpaired) electrons. The summed E-state index contributed by atoms with van der Waals surface area (Å²) in [6.45, 7) is 4.91. The fourth-order valence-corrected chi connectivity index (χ4v) is 6.19. The molecule has 49 heavy (non-hydrogen) atoms. The van der Waals surface area contributed by atoms with E-state index in [0.29, 0.717) is 43.3 Å². The molecular weight excluding hydrogens is 669 g/mol. The van der Waals surface area contributed by atoms with E-state index in [0.717, 1.165) is 28.3 Å². The van der Waals surface area contributed by atoms with Crippen molar-refractivity contribution in [3.63, 3.8) is 0 Å². The number of amides is 2. The molecule has 3 aromatic heterocycles. The topological polar surface area (TPSA) is 147 Å². The Kier molecular flexibility index (Phi) is 9.35. The van der Waals surface area contributed by atoms with Crippen molar-refractivity contribution in [1.82, 2.24) is 29.0 Å². The van der Waals surface area contributed by atoms with Gasteiger partial charge >= 0.3 is 6.18 Å². The van der Waals surface area contributed by atoms with Crippen LogP contribution in [-0.4, -0.2) is 80.3 Å². The molecule has 2 N–H and O–H groups in total. The van der Waals surface area contributed by atoms with Crippen LogP contribution in [0.3, 0.4) is 0 Å². The summed E-state index contributed by atoms with van der Waals surface area (Å²) in [6.07, 6.45) is -0.573. The summed E-state index contributed by atoms with van der Waals surface area (Å²) < 4.78 is 47.6. The number of hydrogen-bond acceptors (Lipinski definition) is 8. The van der Waals surface area contributed by atoms with Crippen molar-refractivity contribution in [2.24, 2.45) is 0 Å². The van der Waals surface area contributed by atoms with Crippen LogP contribution < -0.4 is 21.2 Å². The first kappa shape index (κ1) is 33.9. The van der Waals surface area contributed by atoms with E-state index >= 15 is 0 Å². The lowest BCUT2D eigenvalue weighted by molar-refractivity contribution is -0.137. The molecule has 0 spiro atoms. The van der Waals surface area contributed by atoms with Gasteiger partial charge in [-0.15, -0.1) is 5.10 Å². The van der Waals surface area contributed by atoms with Gasteiger partial charge in [-0.1, -0.05) is 24.6 Å². The van der Waals surface area contributed by atoms with E-state index in [-0.39, 0.29) is 65.9 Å². The van der Waals surface area contributed by atoms with Crippen molar-refractivity contribution in [3.8, 4) is 0 Å². The molecule has 13 nitrogen and oxygen atoms in total. The number of halogens is 4. The molecule has 5 heterocycles. The number of aromatic nitrogens is 5. The minimum Gasteiger partial charge on any atom is -0.377 e. The standard InChI is InChI=1S/C32H32ClF3N8O5/c1-3-24-27(41-8-10-42(11-9-41)29(47)21-16-37-18(2)14-25(21)45)30(48)44-31(39-28(40-44)19-6-12-49-13-7-19)43(24)17-26(46)38-23-5-4-20(15-22(23)33)32(34,35)36/h4-6,14-16H,3,7-13,17H2,1-2H3,(H,37,45)(H,38,46). The molecule has 2 aliphatic heterocycles. The van der Waals surface area contributed by atoms with E-state index in [1.165, 1.54) is 12.3 Å². The third-order valence-corrected chi connectivity index (χ3v) is 8.77. The van der Waals surface area contributed by atoms with Crippen LogP contribution in [0.5, 0.6) is 0 Å². The Balaban J connectivity index is 1.35. The van der Waals surface area contributed by atoms with E-state index in [2.05, 4.69) is 20.4 Å². The van der Waals surface area contributed by atoms with Crippen LogP contribution >= 0.6 is 11.6 Å². The second-order valence-electron chi connectivity index (χ2n) is 11.7. The maximum Gasteiger partial charge on any atom is 0.416 e. The third kappa shape index (κ3) is 6.83. The number of carbonyl (C=O) groups excluding carboxylic acids is 2. The number of aryl methyl sites for hydroxylation is 1. The average molecular weight is 701 g/mol. The molecule has 0 aliphatic carbocycles. The minimum atomic E-state index is -4.61. The predicted octanol–water partition coefficient (Wildman–Crippen LogP) is 3.53. The lowest BCUT2D eigenvalue weighted by Gasteiger charge is -2.36. The Morgan fingerprint density at radius 2 is 1.88 bits per heavy atom. The molecule has 0 unspecified atom stereocenters. The molecule has 1 saturated heterocycles. The van der Waals surface area contributed by atoms with Gasteiger partial charge in [-0.2, -0.15) is 22.7 Å². The van der Waals surface area contributed by atoms with Gasteiger partial charge in [0, 0.05) is 44.1 Å². The number of ether oxygens (including phenoxy) is 1. The summed E-state index contributed by atoms with van der Waals surface area (Å²) in [6, 6.07) is 3.99. The van der Waals surface area contributed by atoms with E-state index in [9.17, 15) is 32.3 Å². The summed E-state index contributed by atoms with van der Waals surface area (Å²) in [5, 5.41) is 6.80. The number of nitrogens with one attached hydrogen (secondary N) is 2. The van der Waals surface area contributed by atoms with E-state index in [4.69, 9.17) is 16.3 Å². The molecule has 4 aromatic rings. The molecule has 2 aliphatic rings. The minimum absolute atomic E-state index is 0.0160. The van der Waals surface area contributed by atoms with Crippen molar-refractivity contribution >= 4 is 46.1 Å². The first-order valence-electron chi connectivity index (χ1n) is 15.6. The molecule has 1 aromatic carbocycles. The fraction of sp³-hybridized carbons (Fsp3) is 0.375. The number of hydrogen-bond donors (Lipinski definition) is 2. The molecule has 2 amide bonds. The number of pyridine rings is 1. The largest absolute Gasteiger partial charge is 0.416 e. The van der Waals surface area contributed by atoms with Gasteiger partial charge < -0.3 is 29.4 Å². The first-order chi connectivity index (χ1) is 23.3. The van der Waals surface area contributed by atoms with Gasteiger partial charge in [0.1, 0.15) is 17.8 Å². The van der Waals surface area contributed by atoms with Crippen LogP contribution in [0.15, 0.2) is 46.1 Å². The number of piperazine rings is 1. The number of fused-ring (bicyclic) bond motifs is 1. The zero-order valence-corrected chi connectivity index (χ0v) is 27.3. The highest BCUT2D eigenvalue weighted by Gasteiger charge is 2.32. The van der Waals surface area contributed by atoms with Crippen LogP contribution in [0.25, 0.3) is 11.4 Å². The average Bonchev–Trinajstić information content (AvgIpc) is 3.53. The normalized spacial score (nSPS) is 15.4. The highest BCUT2D eigenvalue weighted by atomic mass is 35.5. The second kappa shape index (κ2) is 13.5. The van der Waals surface area contributed by atoms with Gasteiger partial charge in [0.25, 0.3) is 11.5 Å². The van der Waals surface area contributed by atoms with Crippen molar-refractivity contribution in [2.45, 2.75) is 39.4 Å². The predicted molar refractivity (Wildman–Crippen MR) is 175 cm³/mol. The maximum absolute atomic E-state index is 14.1. The number of anilines is 2. The summed E-state index contributed by atoms with van der Waals surface area (Å²) in [5.41, 5.74) is 0.352. The lowest BCUT2D eigenvalue weighted by Crippen LogP contribution is -2.51. The maximum atomic E-state index is 14.1. The van der Waals surface area contributed by atoms with Crippen molar-refractivity contribution < 1.29 is 27.5 Å². The highest BCUT2D eigenvalue weighted by molar-refractivity contribution is 6.33. The highest BCUT2D eigenvalue weighted by Crippen LogP contribution is 2.34. The molecule has 258 valence electrons. The van der Waals surface area contributed by atoms with Crippen LogP contribution in [0.4, 0.5) is 24.5 Å². The number of nitrogens with zero attached hydrogens (tertiary/aromatic N) is 6. The van der Waals surface area contributed by atoms with Crippen LogP contribution in [0.1, 0.15) is 46.5 Å². The van der Waals surface area contributed by atoms with Crippen molar-refractivity contribution in [1.29, 1.82) is 0 Å². The monoisotopic (exact) mass is 700 g/mol. The van der Waals surface area contributed by atoms with Crippen LogP contribution in [-0.2, 0) is 28.7 Å². The second-order valence-corrected chi connectivity index (χ2v) is 12.1. The zero-order valence-electron chi connectivity index (χ0n) is 26.6. The number of alkyl halides is 3. The molecule has 6 rings (SSSR count). The first-order valence-corrected chi connectivity index (χ1v) is 15.9. The number of benzene rings is 1. The zero-order chi connectivity index (χ0) is 35.0. The Bertz CT molecular complexity index is 2100. The van der Waals surface area contributed by atoms with Gasteiger partial charge in [0.05, 0.1) is 35.2 Å². The quantitative estimate of drug-likeness (QED) is 0.298. The Morgan fingerprint density at radius 1 is 1.12 bits per heavy atom. The molecule has 0 atom stereocenters. The summed E-state index contributed by atoms with van der Waals surface area (Å²) in [4.78, 5) is 64.1. The SMILES string of the molecule is CCc1c(N2CCN(C(=O)c3c[nH]c(C)cc3=O)CC2)c(=O)n2nc(C3=CCOCC3)nc2n1CC(=O)Nc1ccc(C(F)(F)F)cc1Cl. The van der Waals surface area contributed by atoms with Gasteiger partial charge in [0.2, 0.25) is 11.7 Å². The van der Waals surface area contributed by atoms with Gasteiger partial charge in [-0.05, 0) is 43.5 Å². The Morgan fingerprint density at radius 3 is 2.51 bits per heavy atom. The summed E-state index contributed by atoms with van der Waals surface area (Å²) in [7, 11) is 0. The van der Waals surface area contributed by atoms with Gasteiger partial charge in [-0.3, -0.25) is 19.2 Å². The van der Waals surface area contributed by atoms with Crippen LogP contribution in [0.2, 0.25) is 5.02 Å². The van der Waals surface area contributed by atoms with E-state index in [1.807, 2.05) is 17.9 Å². The number of aromatic amines is 1. The molecule has 0 bridgehead atoms. The van der Waals surface area contributed by atoms with Gasteiger partial charge in [0.15, 0.2) is 11.3 Å². The van der Waals surface area contributed by atoms with E-state index < -0.39 is 29.1 Å². The number of carbonyl (C=O) groups is 2. The smallest absolute Gasteiger partial charge is 0.377 e. The van der Waals surface area contributed by atoms with Crippen molar-refractivity contribution in [3.05, 3.63) is 90.5 Å². The molecule has 1 fully saturated rings. The lowest BCUT2D eigenvalue weighted by atomic mass is 10.1. The number of H-pyrrole nitrogens is 1. The molecule has 17 heteroatoms. The Labute approximate surface area is 281 Å². The number of rotatable bonds is 7. The Hall–Kier alpha value is -4.96. The van der Waals surface area contributed by atoms with Crippen LogP contribution in [0, 0.1) is 6.92 Å².